The lowest BCUT2D eigenvalue weighted by atomic mass is 10.0. The molecule has 21 heteroatoms. The molecule has 3 heterocycles. The number of aliphatic carboxylic acids is 1. The number of alkyl halides is 3. The van der Waals surface area contributed by atoms with E-state index in [0.717, 1.165) is 16.9 Å². The van der Waals surface area contributed by atoms with E-state index in [1.165, 1.54) is 6.92 Å². The molecule has 0 bridgehead atoms. The molecule has 2 aromatic heterocycles. The summed E-state index contributed by atoms with van der Waals surface area (Å²) in [6.45, 7) is 9.68. The van der Waals surface area contributed by atoms with E-state index in [1.807, 2.05) is 23.0 Å². The van der Waals surface area contributed by atoms with Crippen LogP contribution in [0.25, 0.3) is 11.0 Å². The normalized spacial score (nSPS) is 13.2. The quantitative estimate of drug-likeness (QED) is 0.164. The predicted octanol–water partition coefficient (Wildman–Crippen LogP) is 0.0606. The number of ether oxygens (including phenoxy) is 1. The van der Waals surface area contributed by atoms with Crippen LogP contribution in [0.5, 0.6) is 5.75 Å². The first-order valence-electron chi connectivity index (χ1n) is 16.1. The number of hydrogen-bond acceptors (Lipinski definition) is 11. The number of carbonyl (C=O) groups is 5. The Morgan fingerprint density at radius 3 is 2.21 bits per heavy atom. The van der Waals surface area contributed by atoms with E-state index in [0.29, 0.717) is 45.6 Å². The minimum absolute atomic E-state index is 0.0106. The first-order chi connectivity index (χ1) is 24.4. The number of nitrogen functional groups attached to an aromatic ring is 2. The molecule has 0 atom stereocenters. The number of aromatic nitrogens is 4. The zero-order chi connectivity index (χ0) is 38.9. The molecule has 1 aromatic carbocycles. The third kappa shape index (κ3) is 10.1. The first-order valence-corrected chi connectivity index (χ1v) is 16.5. The van der Waals surface area contributed by atoms with Crippen molar-refractivity contribution >= 4 is 63.9 Å². The van der Waals surface area contributed by atoms with Crippen molar-refractivity contribution in [2.75, 3.05) is 37.7 Å². The van der Waals surface area contributed by atoms with Gasteiger partial charge in [-0.15, -0.1) is 0 Å². The summed E-state index contributed by atoms with van der Waals surface area (Å²) in [6.07, 6.45) is -3.94. The maximum absolute atomic E-state index is 13.7. The fraction of sp³-hybridized carbons (Fsp3) is 0.484. The average molecular weight is 757 g/mol. The summed E-state index contributed by atoms with van der Waals surface area (Å²) in [4.78, 5) is 69.1. The van der Waals surface area contributed by atoms with Crippen molar-refractivity contribution < 1.29 is 51.6 Å². The summed E-state index contributed by atoms with van der Waals surface area (Å²) in [7, 11) is 0. The van der Waals surface area contributed by atoms with Crippen molar-refractivity contribution in [2.45, 2.75) is 72.4 Å². The summed E-state index contributed by atoms with van der Waals surface area (Å²) in [6, 6.07) is 3.36. The van der Waals surface area contributed by atoms with Gasteiger partial charge in [0, 0.05) is 44.7 Å². The fourth-order valence-electron chi connectivity index (χ4n) is 5.45. The Labute approximate surface area is 300 Å². The number of fused-ring (bicyclic) bond motifs is 1. The largest absolute Gasteiger partial charge is 0.542 e. The highest BCUT2D eigenvalue weighted by Crippen LogP contribution is 2.28. The Kier molecular flexibility index (Phi) is 14.0. The number of carboxylic acid groups (broad SMARTS) is 1. The lowest BCUT2D eigenvalue weighted by Crippen LogP contribution is -2.46. The maximum Gasteiger partial charge on any atom is 0.430 e. The molecule has 17 nitrogen and oxygen atoms in total. The molecular weight excluding hydrogens is 717 g/mol. The van der Waals surface area contributed by atoms with Gasteiger partial charge in [0.2, 0.25) is 5.91 Å². The summed E-state index contributed by atoms with van der Waals surface area (Å²) in [5.41, 5.74) is 13.1. The van der Waals surface area contributed by atoms with Crippen LogP contribution in [0.2, 0.25) is 5.15 Å². The number of carboxylic acids is 1. The highest BCUT2D eigenvalue weighted by molar-refractivity contribution is 6.31. The van der Waals surface area contributed by atoms with Crippen molar-refractivity contribution in [1.29, 1.82) is 0 Å². The van der Waals surface area contributed by atoms with Crippen LogP contribution in [0.15, 0.2) is 12.1 Å². The number of aryl methyl sites for hydroxylation is 2. The van der Waals surface area contributed by atoms with Gasteiger partial charge in [-0.2, -0.15) is 13.2 Å². The molecule has 1 aliphatic rings. The summed E-state index contributed by atoms with van der Waals surface area (Å²) in [5, 5.41) is 17.3. The molecule has 7 N–H and O–H groups in total. The molecule has 0 unspecified atom stereocenters. The Morgan fingerprint density at radius 1 is 1.04 bits per heavy atom. The van der Waals surface area contributed by atoms with Crippen LogP contribution in [0.1, 0.15) is 67.2 Å². The SMILES string of the molecule is CCNC(=O)COc1cc2c(cc1C(=O)NC1CCN(C(C)=O)CC1)n(CC)c(CNC(=O)c1nc(Cl)c(N)nc1N)[n+]2CC.O=C([O-])C(F)(F)F. The number of likely N-dealkylation sites (tertiary alicyclic amines) is 1. The van der Waals surface area contributed by atoms with Crippen LogP contribution in [-0.2, 0) is 34.0 Å². The van der Waals surface area contributed by atoms with Gasteiger partial charge < -0.3 is 47.0 Å². The minimum atomic E-state index is -5.19. The zero-order valence-electron chi connectivity index (χ0n) is 28.9. The van der Waals surface area contributed by atoms with Gasteiger partial charge in [-0.25, -0.2) is 19.1 Å². The van der Waals surface area contributed by atoms with E-state index in [-0.39, 0.29) is 70.7 Å². The molecule has 0 radical (unpaired) electrons. The molecule has 3 aromatic rings. The number of anilines is 2. The maximum atomic E-state index is 13.7. The van der Waals surface area contributed by atoms with Crippen LogP contribution in [-0.4, -0.2) is 87.5 Å². The minimum Gasteiger partial charge on any atom is -0.542 e. The van der Waals surface area contributed by atoms with Crippen molar-refractivity contribution in [3.05, 3.63) is 34.4 Å². The summed E-state index contributed by atoms with van der Waals surface area (Å²) >= 11 is 5.97. The van der Waals surface area contributed by atoms with E-state index in [9.17, 15) is 32.3 Å². The number of carbonyl (C=O) groups excluding carboxylic acids is 5. The summed E-state index contributed by atoms with van der Waals surface area (Å²) < 4.78 is 41.4. The molecule has 0 spiro atoms. The number of hydrogen-bond donors (Lipinski definition) is 5. The van der Waals surface area contributed by atoms with Crippen molar-refractivity contribution in [3.63, 3.8) is 0 Å². The zero-order valence-corrected chi connectivity index (χ0v) is 29.6. The standard InChI is InChI=1S/C29H39ClN10O5.C2HF3O2/c1-5-33-22(42)15-45-21-13-20-19(12-18(21)28(43)35-17-8-10-38(11-9-17)16(4)41)39(6-2)23(40(20)7-3)14-34-29(44)24-26(31)37-27(32)25(30)36-24;3-2(4,5)1(6)7/h12-13,17H,5-11,14-15H2,1-4H3,(H6-,31,32,33,34,35,37,42,43,44);(H,6,7). The Hall–Kier alpha value is -5.40. The van der Waals surface area contributed by atoms with Gasteiger partial charge in [-0.1, -0.05) is 11.6 Å². The van der Waals surface area contributed by atoms with E-state index in [1.54, 1.807) is 24.0 Å². The second-order valence-electron chi connectivity index (χ2n) is 11.3. The predicted molar refractivity (Wildman–Crippen MR) is 179 cm³/mol. The highest BCUT2D eigenvalue weighted by Gasteiger charge is 2.30. The molecule has 1 fully saturated rings. The van der Waals surface area contributed by atoms with Gasteiger partial charge >= 0.3 is 6.18 Å². The van der Waals surface area contributed by atoms with Crippen molar-refractivity contribution in [1.82, 2.24) is 35.4 Å². The molecule has 52 heavy (non-hydrogen) atoms. The molecule has 0 saturated carbocycles. The number of halogens is 4. The Morgan fingerprint density at radius 2 is 1.67 bits per heavy atom. The van der Waals surface area contributed by atoms with Crippen molar-refractivity contribution in [2.24, 2.45) is 0 Å². The van der Waals surface area contributed by atoms with Crippen LogP contribution >= 0.6 is 11.6 Å². The number of benzene rings is 1. The first kappa shape index (κ1) is 41.0. The smallest absolute Gasteiger partial charge is 0.430 e. The number of nitrogens with one attached hydrogen (secondary N) is 3. The Bertz CT molecular complexity index is 1830. The van der Waals surface area contributed by atoms with E-state index < -0.39 is 18.1 Å². The summed E-state index contributed by atoms with van der Waals surface area (Å²) in [5.74, 6) is -3.48. The molecule has 1 saturated heterocycles. The lowest BCUT2D eigenvalue weighted by molar-refractivity contribution is -0.676. The molecule has 1 aliphatic heterocycles. The van der Waals surface area contributed by atoms with Gasteiger partial charge in [0.1, 0.15) is 18.3 Å². The van der Waals surface area contributed by atoms with Gasteiger partial charge in [0.05, 0.1) is 18.7 Å². The third-order valence-corrected chi connectivity index (χ3v) is 8.20. The number of nitrogens with zero attached hydrogens (tertiary/aromatic N) is 5. The van der Waals surface area contributed by atoms with Gasteiger partial charge in [0.25, 0.3) is 23.5 Å². The second kappa shape index (κ2) is 17.7. The van der Waals surface area contributed by atoms with Gasteiger partial charge in [0.15, 0.2) is 40.1 Å². The number of imidazole rings is 1. The fourth-order valence-corrected chi connectivity index (χ4v) is 5.58. The number of nitrogens with two attached hydrogens (primary N) is 2. The van der Waals surface area contributed by atoms with Crippen LogP contribution in [0.3, 0.4) is 0 Å². The number of likely N-dealkylation sites (N-methyl/N-ethyl adjacent to an activating group) is 1. The Balaban J connectivity index is 0.000000944. The molecular formula is C31H40ClF3N10O7. The van der Waals surface area contributed by atoms with E-state index in [4.69, 9.17) is 37.7 Å². The monoisotopic (exact) mass is 756 g/mol. The van der Waals surface area contributed by atoms with Gasteiger partial charge in [-0.3, -0.25) is 19.2 Å². The van der Waals surface area contributed by atoms with E-state index >= 15 is 0 Å². The molecule has 4 amide bonds. The second-order valence-corrected chi connectivity index (χ2v) is 11.7. The lowest BCUT2D eigenvalue weighted by Gasteiger charge is -2.31. The van der Waals surface area contributed by atoms with E-state index in [2.05, 4.69) is 25.9 Å². The third-order valence-electron chi connectivity index (χ3n) is 7.93. The average Bonchev–Trinajstić information content (AvgIpc) is 3.38. The van der Waals surface area contributed by atoms with Crippen LogP contribution < -0.4 is 41.8 Å². The van der Waals surface area contributed by atoms with Crippen molar-refractivity contribution in [3.8, 4) is 5.75 Å². The molecule has 284 valence electrons. The molecule has 4 rings (SSSR count). The number of amides is 4. The van der Waals surface area contributed by atoms with Crippen LogP contribution in [0, 0.1) is 0 Å². The number of piperidine rings is 1. The van der Waals surface area contributed by atoms with Crippen LogP contribution in [0.4, 0.5) is 24.8 Å². The van der Waals surface area contributed by atoms with Gasteiger partial charge in [-0.05, 0) is 33.6 Å². The highest BCUT2D eigenvalue weighted by atomic mass is 35.5. The topological polar surface area (TPSA) is 244 Å². The molecule has 0 aliphatic carbocycles. The number of rotatable bonds is 11.